The summed E-state index contributed by atoms with van der Waals surface area (Å²) in [7, 11) is 0. The van der Waals surface area contributed by atoms with E-state index >= 15 is 0 Å². The lowest BCUT2D eigenvalue weighted by Crippen LogP contribution is -2.25. The zero-order valence-electron chi connectivity index (χ0n) is 15.1. The first-order chi connectivity index (χ1) is 13.3. The molecule has 5 nitrogen and oxygen atoms in total. The number of rotatable bonds is 4. The Morgan fingerprint density at radius 2 is 1.96 bits per heavy atom. The summed E-state index contributed by atoms with van der Waals surface area (Å²) in [6, 6.07) is 7.02. The summed E-state index contributed by atoms with van der Waals surface area (Å²) in [5, 5.41) is 12.5. The zero-order valence-corrected chi connectivity index (χ0v) is 15.9. The van der Waals surface area contributed by atoms with Crippen LogP contribution in [0.5, 0.6) is 5.75 Å². The van der Waals surface area contributed by atoms with Crippen molar-refractivity contribution in [3.63, 3.8) is 0 Å². The van der Waals surface area contributed by atoms with Crippen molar-refractivity contribution in [1.82, 2.24) is 9.88 Å². The number of carbonyl (C=O) groups is 2. The van der Waals surface area contributed by atoms with Crippen molar-refractivity contribution in [3.05, 3.63) is 63.8 Å². The summed E-state index contributed by atoms with van der Waals surface area (Å²) in [5.74, 6) is -4.51. The van der Waals surface area contributed by atoms with E-state index in [1.165, 1.54) is 19.1 Å². The first-order valence-corrected chi connectivity index (χ1v) is 8.91. The Labute approximate surface area is 164 Å². The highest BCUT2D eigenvalue weighted by Crippen LogP contribution is 2.35. The number of nitrogens with one attached hydrogen (secondary N) is 1. The van der Waals surface area contributed by atoms with Gasteiger partial charge in [-0.05, 0) is 37.6 Å². The van der Waals surface area contributed by atoms with E-state index in [0.717, 1.165) is 10.6 Å². The fraction of sp³-hybridized carbons (Fsp3) is 0.200. The molecule has 0 radical (unpaired) electrons. The summed E-state index contributed by atoms with van der Waals surface area (Å²) in [6.07, 6.45) is -0.228. The van der Waals surface area contributed by atoms with Gasteiger partial charge in [-0.2, -0.15) is 0 Å². The van der Waals surface area contributed by atoms with Gasteiger partial charge in [0.15, 0.2) is 17.4 Å². The van der Waals surface area contributed by atoms with Gasteiger partial charge in [-0.1, -0.05) is 17.7 Å². The maximum Gasteiger partial charge on any atom is 0.262 e. The number of phenols is 1. The Balaban J connectivity index is 2.29. The number of amides is 1. The first kappa shape index (κ1) is 19.8. The molecule has 0 bridgehead atoms. The Bertz CT molecular complexity index is 1110. The van der Waals surface area contributed by atoms with E-state index in [4.69, 9.17) is 11.6 Å². The van der Waals surface area contributed by atoms with Crippen LogP contribution in [-0.4, -0.2) is 28.0 Å². The summed E-state index contributed by atoms with van der Waals surface area (Å²) in [5.41, 5.74) is 0.611. The van der Waals surface area contributed by atoms with Crippen molar-refractivity contribution in [3.8, 4) is 5.75 Å². The van der Waals surface area contributed by atoms with E-state index in [-0.39, 0.29) is 40.1 Å². The predicted molar refractivity (Wildman–Crippen MR) is 102 cm³/mol. The van der Waals surface area contributed by atoms with Crippen LogP contribution in [-0.2, 0) is 11.2 Å². The number of phenolic OH excluding ortho intramolecular Hbond substituents is 1. The minimum atomic E-state index is -1.21. The Morgan fingerprint density at radius 1 is 1.25 bits per heavy atom. The molecule has 0 spiro atoms. The lowest BCUT2D eigenvalue weighted by Gasteiger charge is -2.08. The molecular weight excluding hydrogens is 390 g/mol. The van der Waals surface area contributed by atoms with E-state index in [9.17, 15) is 23.5 Å². The van der Waals surface area contributed by atoms with E-state index in [0.29, 0.717) is 11.6 Å². The minimum absolute atomic E-state index is 0.0745. The van der Waals surface area contributed by atoms with Crippen molar-refractivity contribution in [2.45, 2.75) is 20.3 Å². The molecule has 0 saturated carbocycles. The minimum Gasteiger partial charge on any atom is -0.503 e. The van der Waals surface area contributed by atoms with Crippen LogP contribution in [0.25, 0.3) is 10.9 Å². The summed E-state index contributed by atoms with van der Waals surface area (Å²) in [4.78, 5) is 25.1. The number of hydrogen-bond acceptors (Lipinski definition) is 3. The topological polar surface area (TPSA) is 71.3 Å². The summed E-state index contributed by atoms with van der Waals surface area (Å²) >= 11 is 5.95. The average molecular weight is 407 g/mol. The van der Waals surface area contributed by atoms with Gasteiger partial charge in [-0.3, -0.25) is 14.2 Å². The molecule has 0 aliphatic carbocycles. The van der Waals surface area contributed by atoms with Gasteiger partial charge in [0, 0.05) is 34.3 Å². The van der Waals surface area contributed by atoms with E-state index in [1.807, 2.05) is 0 Å². The molecule has 1 aromatic heterocycles. The number of nitrogens with zero attached hydrogens (tertiary/aromatic N) is 1. The Hall–Kier alpha value is -2.93. The number of likely N-dealkylation sites (N-methyl/N-ethyl adjacent to an activating group) is 1. The quantitative estimate of drug-likeness (QED) is 0.689. The second-order valence-electron chi connectivity index (χ2n) is 6.26. The predicted octanol–water partition coefficient (Wildman–Crippen LogP) is 3.95. The van der Waals surface area contributed by atoms with Gasteiger partial charge in [0.05, 0.1) is 11.9 Å². The van der Waals surface area contributed by atoms with E-state index in [1.54, 1.807) is 19.1 Å². The summed E-state index contributed by atoms with van der Waals surface area (Å²) in [6.45, 7) is 3.64. The van der Waals surface area contributed by atoms with Crippen molar-refractivity contribution in [2.24, 2.45) is 0 Å². The van der Waals surface area contributed by atoms with Gasteiger partial charge in [-0.15, -0.1) is 0 Å². The Morgan fingerprint density at radius 3 is 2.61 bits per heavy atom. The fourth-order valence-electron chi connectivity index (χ4n) is 3.21. The van der Waals surface area contributed by atoms with Crippen LogP contribution in [0.4, 0.5) is 8.78 Å². The molecule has 3 aromatic rings. The third-order valence-corrected chi connectivity index (χ3v) is 4.71. The molecule has 28 heavy (non-hydrogen) atoms. The molecule has 2 aromatic carbocycles. The van der Waals surface area contributed by atoms with Crippen LogP contribution < -0.4 is 5.32 Å². The molecule has 2 N–H and O–H groups in total. The van der Waals surface area contributed by atoms with Crippen LogP contribution >= 0.6 is 11.6 Å². The van der Waals surface area contributed by atoms with Crippen molar-refractivity contribution >= 4 is 34.3 Å². The molecule has 0 fully saturated rings. The highest BCUT2D eigenvalue weighted by Gasteiger charge is 2.26. The molecule has 1 heterocycles. The normalized spacial score (nSPS) is 11.0. The second-order valence-corrected chi connectivity index (χ2v) is 6.70. The van der Waals surface area contributed by atoms with Crippen LogP contribution in [0, 0.1) is 18.6 Å². The standard InChI is InChI=1S/C20H17ClF2N2O3/c1-3-24-16(26)8-13-10(2)25(20(28)11-5-4-6-12(21)7-11)15-9-14(22)19(27)18(23)17(13)15/h4-7,9,27H,3,8H2,1-2H3,(H,24,26). The van der Waals surface area contributed by atoms with E-state index < -0.39 is 23.3 Å². The van der Waals surface area contributed by atoms with Crippen molar-refractivity contribution in [1.29, 1.82) is 0 Å². The lowest BCUT2D eigenvalue weighted by molar-refractivity contribution is -0.120. The molecule has 0 unspecified atom stereocenters. The van der Waals surface area contributed by atoms with E-state index in [2.05, 4.69) is 5.32 Å². The SMILES string of the molecule is CCNC(=O)Cc1c(C)n(C(=O)c2cccc(Cl)c2)c2cc(F)c(O)c(F)c12. The van der Waals surface area contributed by atoms with Crippen molar-refractivity contribution < 1.29 is 23.5 Å². The average Bonchev–Trinajstić information content (AvgIpc) is 2.91. The van der Waals surface area contributed by atoms with Gasteiger partial charge in [0.1, 0.15) is 0 Å². The molecule has 0 atom stereocenters. The first-order valence-electron chi connectivity index (χ1n) is 8.54. The molecule has 0 saturated heterocycles. The number of hydrogen-bond donors (Lipinski definition) is 2. The molecular formula is C20H17ClF2N2O3. The molecule has 146 valence electrons. The second kappa shape index (κ2) is 7.59. The number of aromatic hydroxyl groups is 1. The van der Waals surface area contributed by atoms with Gasteiger partial charge < -0.3 is 10.4 Å². The number of fused-ring (bicyclic) bond motifs is 1. The van der Waals surface area contributed by atoms with Gasteiger partial charge >= 0.3 is 0 Å². The number of halogens is 3. The van der Waals surface area contributed by atoms with Gasteiger partial charge in [-0.25, -0.2) is 8.78 Å². The zero-order chi connectivity index (χ0) is 20.6. The van der Waals surface area contributed by atoms with Gasteiger partial charge in [0.25, 0.3) is 5.91 Å². The van der Waals surface area contributed by atoms with Crippen LogP contribution in [0.2, 0.25) is 5.02 Å². The molecule has 1 amide bonds. The Kier molecular flexibility index (Phi) is 5.38. The van der Waals surface area contributed by atoms with Crippen LogP contribution in [0.15, 0.2) is 30.3 Å². The fourth-order valence-corrected chi connectivity index (χ4v) is 3.40. The van der Waals surface area contributed by atoms with Crippen molar-refractivity contribution in [2.75, 3.05) is 6.54 Å². The summed E-state index contributed by atoms with van der Waals surface area (Å²) < 4.78 is 29.9. The van der Waals surface area contributed by atoms with Crippen LogP contribution in [0.3, 0.4) is 0 Å². The van der Waals surface area contributed by atoms with Gasteiger partial charge in [0.2, 0.25) is 5.91 Å². The number of benzene rings is 2. The maximum atomic E-state index is 14.7. The molecule has 3 rings (SSSR count). The maximum absolute atomic E-state index is 14.7. The highest BCUT2D eigenvalue weighted by molar-refractivity contribution is 6.31. The monoisotopic (exact) mass is 406 g/mol. The molecule has 8 heteroatoms. The third kappa shape index (κ3) is 3.33. The highest BCUT2D eigenvalue weighted by atomic mass is 35.5. The third-order valence-electron chi connectivity index (χ3n) is 4.47. The smallest absolute Gasteiger partial charge is 0.262 e. The number of carbonyl (C=O) groups excluding carboxylic acids is 2. The lowest BCUT2D eigenvalue weighted by atomic mass is 10.1. The molecule has 0 aliphatic rings. The number of aromatic nitrogens is 1. The molecule has 0 aliphatic heterocycles. The largest absolute Gasteiger partial charge is 0.503 e. The van der Waals surface area contributed by atoms with Crippen LogP contribution in [0.1, 0.15) is 28.5 Å².